The number of hydrogen-bond acceptors (Lipinski definition) is 5. The van der Waals surface area contributed by atoms with Crippen LogP contribution in [0.15, 0.2) is 18.2 Å². The third-order valence-corrected chi connectivity index (χ3v) is 5.06. The minimum atomic E-state index is 0.0758. The summed E-state index contributed by atoms with van der Waals surface area (Å²) in [5, 5.41) is 0. The number of hydrogen-bond donors (Lipinski definition) is 0. The van der Waals surface area contributed by atoms with Crippen molar-refractivity contribution in [2.24, 2.45) is 0 Å². The Hall–Kier alpha value is -1.79. The van der Waals surface area contributed by atoms with Gasteiger partial charge in [-0.05, 0) is 31.9 Å². The lowest BCUT2D eigenvalue weighted by Gasteiger charge is -2.33. The number of rotatable bonds is 5. The number of morpholine rings is 1. The van der Waals surface area contributed by atoms with Gasteiger partial charge in [0.1, 0.15) is 11.5 Å². The van der Waals surface area contributed by atoms with E-state index < -0.39 is 0 Å². The molecule has 2 saturated heterocycles. The maximum absolute atomic E-state index is 12.9. The molecule has 0 bridgehead atoms. The summed E-state index contributed by atoms with van der Waals surface area (Å²) < 4.78 is 16.4. The van der Waals surface area contributed by atoms with Gasteiger partial charge in [0.15, 0.2) is 0 Å². The number of carbonyl (C=O) groups excluding carboxylic acids is 1. The van der Waals surface area contributed by atoms with Crippen molar-refractivity contribution in [2.75, 3.05) is 47.0 Å². The third-order valence-electron chi connectivity index (χ3n) is 5.06. The number of benzene rings is 1. The topological polar surface area (TPSA) is 51.2 Å². The van der Waals surface area contributed by atoms with Crippen molar-refractivity contribution in [3.63, 3.8) is 0 Å². The van der Waals surface area contributed by atoms with Crippen LogP contribution in [0.5, 0.6) is 11.5 Å². The molecule has 3 rings (SSSR count). The second-order valence-electron chi connectivity index (χ2n) is 6.77. The van der Waals surface area contributed by atoms with Gasteiger partial charge in [0.25, 0.3) is 0 Å². The van der Waals surface area contributed by atoms with Crippen LogP contribution in [-0.2, 0) is 9.53 Å². The van der Waals surface area contributed by atoms with E-state index in [1.54, 1.807) is 14.2 Å². The molecule has 2 aliphatic heterocycles. The second-order valence-corrected chi connectivity index (χ2v) is 6.77. The van der Waals surface area contributed by atoms with Gasteiger partial charge in [-0.3, -0.25) is 9.69 Å². The Balaban J connectivity index is 1.72. The highest BCUT2D eigenvalue weighted by molar-refractivity contribution is 5.79. The Bertz CT molecular complexity index is 607. The maximum atomic E-state index is 12.9. The van der Waals surface area contributed by atoms with E-state index in [9.17, 15) is 4.79 Å². The van der Waals surface area contributed by atoms with E-state index >= 15 is 0 Å². The fraction of sp³-hybridized carbons (Fsp3) is 0.632. The van der Waals surface area contributed by atoms with Gasteiger partial charge in [-0.15, -0.1) is 0 Å². The van der Waals surface area contributed by atoms with Gasteiger partial charge in [0.2, 0.25) is 5.91 Å². The van der Waals surface area contributed by atoms with Crippen molar-refractivity contribution < 1.29 is 19.0 Å². The predicted octanol–water partition coefficient (Wildman–Crippen LogP) is 2.09. The van der Waals surface area contributed by atoms with Gasteiger partial charge in [0, 0.05) is 31.3 Å². The van der Waals surface area contributed by atoms with Crippen LogP contribution in [0, 0.1) is 0 Å². The zero-order chi connectivity index (χ0) is 17.8. The first kappa shape index (κ1) is 18.0. The average molecular weight is 348 g/mol. The lowest BCUT2D eigenvalue weighted by molar-refractivity contribution is -0.135. The van der Waals surface area contributed by atoms with Gasteiger partial charge < -0.3 is 19.1 Å². The van der Waals surface area contributed by atoms with Gasteiger partial charge >= 0.3 is 0 Å². The predicted molar refractivity (Wildman–Crippen MR) is 95.1 cm³/mol. The quantitative estimate of drug-likeness (QED) is 0.816. The molecule has 138 valence electrons. The lowest BCUT2D eigenvalue weighted by atomic mass is 10.0. The summed E-state index contributed by atoms with van der Waals surface area (Å²) in [7, 11) is 3.30. The summed E-state index contributed by atoms with van der Waals surface area (Å²) in [5.41, 5.74) is 1.06. The second kappa shape index (κ2) is 8.06. The number of ether oxygens (including phenoxy) is 3. The molecule has 1 aromatic carbocycles. The molecule has 1 amide bonds. The molecule has 0 radical (unpaired) electrons. The van der Waals surface area contributed by atoms with Crippen LogP contribution in [-0.4, -0.2) is 68.8 Å². The molecule has 0 saturated carbocycles. The third kappa shape index (κ3) is 4.07. The standard InChI is InChI=1S/C19H28N2O4/c1-14-12-20(9-10-25-14)13-19(22)21-8-4-5-17(21)16-7-6-15(23-2)11-18(16)24-3/h6-7,11,14,17H,4-5,8-10,12-13H2,1-3H3. The van der Waals surface area contributed by atoms with E-state index in [-0.39, 0.29) is 18.1 Å². The average Bonchev–Trinajstić information content (AvgIpc) is 3.10. The van der Waals surface area contributed by atoms with Gasteiger partial charge in [-0.25, -0.2) is 0 Å². The minimum absolute atomic E-state index is 0.0758. The van der Waals surface area contributed by atoms with Crippen LogP contribution < -0.4 is 9.47 Å². The van der Waals surface area contributed by atoms with Crippen molar-refractivity contribution in [3.05, 3.63) is 23.8 Å². The summed E-state index contributed by atoms with van der Waals surface area (Å²) in [6.45, 7) is 5.65. The van der Waals surface area contributed by atoms with E-state index in [4.69, 9.17) is 14.2 Å². The van der Waals surface area contributed by atoms with E-state index in [0.717, 1.165) is 49.5 Å². The van der Waals surface area contributed by atoms with Crippen molar-refractivity contribution >= 4 is 5.91 Å². The highest BCUT2D eigenvalue weighted by atomic mass is 16.5. The van der Waals surface area contributed by atoms with Crippen molar-refractivity contribution in [1.82, 2.24) is 9.80 Å². The molecule has 0 N–H and O–H groups in total. The molecule has 0 aliphatic carbocycles. The van der Waals surface area contributed by atoms with Crippen LogP contribution in [0.1, 0.15) is 31.4 Å². The largest absolute Gasteiger partial charge is 0.497 e. The Morgan fingerprint density at radius 3 is 2.84 bits per heavy atom. The van der Waals surface area contributed by atoms with Crippen LogP contribution in [0.25, 0.3) is 0 Å². The molecule has 1 aromatic rings. The van der Waals surface area contributed by atoms with Gasteiger partial charge in [-0.1, -0.05) is 0 Å². The van der Waals surface area contributed by atoms with Crippen molar-refractivity contribution in [1.29, 1.82) is 0 Å². The van der Waals surface area contributed by atoms with E-state index in [1.165, 1.54) is 0 Å². The minimum Gasteiger partial charge on any atom is -0.497 e. The maximum Gasteiger partial charge on any atom is 0.237 e. The molecule has 2 unspecified atom stereocenters. The van der Waals surface area contributed by atoms with E-state index in [0.29, 0.717) is 13.2 Å². The Labute approximate surface area is 149 Å². The van der Waals surface area contributed by atoms with Crippen LogP contribution in [0.2, 0.25) is 0 Å². The number of methoxy groups -OCH3 is 2. The summed E-state index contributed by atoms with van der Waals surface area (Å²) in [6.07, 6.45) is 2.18. The first-order valence-electron chi connectivity index (χ1n) is 8.97. The fourth-order valence-electron chi connectivity index (χ4n) is 3.80. The number of amides is 1. The summed E-state index contributed by atoms with van der Waals surface area (Å²) in [5.74, 6) is 1.73. The molecule has 0 aromatic heterocycles. The van der Waals surface area contributed by atoms with E-state index in [2.05, 4.69) is 11.8 Å². The Morgan fingerprint density at radius 1 is 1.28 bits per heavy atom. The number of carbonyl (C=O) groups is 1. The molecule has 2 atom stereocenters. The molecule has 6 nitrogen and oxygen atoms in total. The van der Waals surface area contributed by atoms with Crippen LogP contribution in [0.4, 0.5) is 0 Å². The first-order chi connectivity index (χ1) is 12.1. The normalized spacial score (nSPS) is 24.4. The van der Waals surface area contributed by atoms with Crippen molar-refractivity contribution in [3.8, 4) is 11.5 Å². The van der Waals surface area contributed by atoms with Crippen LogP contribution in [0.3, 0.4) is 0 Å². The summed E-state index contributed by atoms with van der Waals surface area (Å²) >= 11 is 0. The Kier molecular flexibility index (Phi) is 5.81. The molecule has 2 heterocycles. The molecular formula is C19H28N2O4. The fourth-order valence-corrected chi connectivity index (χ4v) is 3.80. The Morgan fingerprint density at radius 2 is 2.12 bits per heavy atom. The molecule has 2 aliphatic rings. The molecular weight excluding hydrogens is 320 g/mol. The van der Waals surface area contributed by atoms with E-state index in [1.807, 2.05) is 23.1 Å². The summed E-state index contributed by atoms with van der Waals surface area (Å²) in [6, 6.07) is 5.92. The molecule has 2 fully saturated rings. The highest BCUT2D eigenvalue weighted by Crippen LogP contribution is 2.38. The molecule has 25 heavy (non-hydrogen) atoms. The smallest absolute Gasteiger partial charge is 0.237 e. The zero-order valence-electron chi connectivity index (χ0n) is 15.4. The monoisotopic (exact) mass is 348 g/mol. The zero-order valence-corrected chi connectivity index (χ0v) is 15.4. The summed E-state index contributed by atoms with van der Waals surface area (Å²) in [4.78, 5) is 17.1. The highest BCUT2D eigenvalue weighted by Gasteiger charge is 2.33. The lowest BCUT2D eigenvalue weighted by Crippen LogP contribution is -2.47. The molecule has 6 heteroatoms. The number of likely N-dealkylation sites (tertiary alicyclic amines) is 1. The van der Waals surface area contributed by atoms with Gasteiger partial charge in [0.05, 0.1) is 39.5 Å². The first-order valence-corrected chi connectivity index (χ1v) is 8.97. The SMILES string of the molecule is COc1ccc(C2CCCN2C(=O)CN2CCOC(C)C2)c(OC)c1. The van der Waals surface area contributed by atoms with Crippen LogP contribution >= 0.6 is 0 Å². The van der Waals surface area contributed by atoms with Crippen molar-refractivity contribution in [2.45, 2.75) is 31.9 Å². The number of nitrogens with zero attached hydrogens (tertiary/aromatic N) is 2. The van der Waals surface area contributed by atoms with Gasteiger partial charge in [-0.2, -0.15) is 0 Å². The molecule has 0 spiro atoms.